The predicted octanol–water partition coefficient (Wildman–Crippen LogP) is 0.721. The number of hydrogen-bond acceptors (Lipinski definition) is 2. The van der Waals surface area contributed by atoms with Gasteiger partial charge in [-0.05, 0) is 12.8 Å². The summed E-state index contributed by atoms with van der Waals surface area (Å²) in [5.41, 5.74) is 0. The molecular formula is C5H9BrO2. The molecule has 1 N–H and O–H groups in total. The van der Waals surface area contributed by atoms with Crippen LogP contribution < -0.4 is 0 Å². The van der Waals surface area contributed by atoms with E-state index in [4.69, 9.17) is 5.11 Å². The van der Waals surface area contributed by atoms with Gasteiger partial charge in [0.25, 0.3) is 0 Å². The lowest BCUT2D eigenvalue weighted by molar-refractivity contribution is -0.107. The molecule has 0 aromatic rings. The van der Waals surface area contributed by atoms with Gasteiger partial charge in [0.15, 0.2) is 0 Å². The Bertz CT molecular complexity index is 65.4. The van der Waals surface area contributed by atoms with Crippen molar-refractivity contribution in [2.45, 2.75) is 17.7 Å². The van der Waals surface area contributed by atoms with Crippen molar-refractivity contribution in [2.75, 3.05) is 6.61 Å². The van der Waals surface area contributed by atoms with Gasteiger partial charge in [-0.25, -0.2) is 0 Å². The quantitative estimate of drug-likeness (QED) is 0.512. The molecule has 0 aliphatic rings. The molecule has 2 nitrogen and oxygen atoms in total. The van der Waals surface area contributed by atoms with Crippen LogP contribution in [-0.4, -0.2) is 22.8 Å². The first-order chi connectivity index (χ1) is 3.81. The van der Waals surface area contributed by atoms with Crippen LogP contribution in [0.25, 0.3) is 0 Å². The number of rotatable bonds is 4. The number of aliphatic hydroxyl groups excluding tert-OH is 1. The molecule has 8 heavy (non-hydrogen) atoms. The van der Waals surface area contributed by atoms with E-state index in [0.29, 0.717) is 6.42 Å². The van der Waals surface area contributed by atoms with E-state index in [9.17, 15) is 4.79 Å². The van der Waals surface area contributed by atoms with E-state index in [-0.39, 0.29) is 11.4 Å². The SMILES string of the molecule is O=CC(Br)CCCO. The summed E-state index contributed by atoms with van der Waals surface area (Å²) in [7, 11) is 0. The summed E-state index contributed by atoms with van der Waals surface area (Å²) in [6, 6.07) is 0. The van der Waals surface area contributed by atoms with Crippen LogP contribution in [-0.2, 0) is 4.79 Å². The van der Waals surface area contributed by atoms with Crippen LogP contribution >= 0.6 is 15.9 Å². The van der Waals surface area contributed by atoms with E-state index in [1.54, 1.807) is 0 Å². The monoisotopic (exact) mass is 180 g/mol. The minimum atomic E-state index is -0.0744. The molecule has 0 fully saturated rings. The molecule has 0 aromatic heterocycles. The fourth-order valence-corrected chi connectivity index (χ4v) is 0.678. The van der Waals surface area contributed by atoms with Gasteiger partial charge in [0, 0.05) is 6.61 Å². The standard InChI is InChI=1S/C5H9BrO2/c6-5(4-8)2-1-3-7/h4-5,7H,1-3H2. The Morgan fingerprint density at radius 3 is 2.75 bits per heavy atom. The largest absolute Gasteiger partial charge is 0.396 e. The van der Waals surface area contributed by atoms with Crippen LogP contribution in [0.5, 0.6) is 0 Å². The van der Waals surface area contributed by atoms with E-state index in [0.717, 1.165) is 12.7 Å². The third-order valence-corrected chi connectivity index (χ3v) is 1.46. The number of hydrogen-bond donors (Lipinski definition) is 1. The Hall–Kier alpha value is 0.110. The number of halogens is 1. The Kier molecular flexibility index (Phi) is 5.32. The van der Waals surface area contributed by atoms with Gasteiger partial charge in [-0.2, -0.15) is 0 Å². The second kappa shape index (κ2) is 5.25. The average molecular weight is 181 g/mol. The van der Waals surface area contributed by atoms with Gasteiger partial charge >= 0.3 is 0 Å². The van der Waals surface area contributed by atoms with Crippen LogP contribution in [0.1, 0.15) is 12.8 Å². The van der Waals surface area contributed by atoms with Crippen molar-refractivity contribution in [1.82, 2.24) is 0 Å². The summed E-state index contributed by atoms with van der Waals surface area (Å²) in [5, 5.41) is 8.27. The van der Waals surface area contributed by atoms with E-state index in [2.05, 4.69) is 15.9 Å². The fourth-order valence-electron chi connectivity index (χ4n) is 0.354. The molecule has 0 aliphatic heterocycles. The molecule has 0 heterocycles. The zero-order valence-electron chi connectivity index (χ0n) is 4.51. The van der Waals surface area contributed by atoms with Crippen LogP contribution in [0.3, 0.4) is 0 Å². The number of carbonyl (C=O) groups is 1. The summed E-state index contributed by atoms with van der Waals surface area (Å²) < 4.78 is 0. The highest BCUT2D eigenvalue weighted by Gasteiger charge is 1.98. The molecule has 0 amide bonds. The zero-order chi connectivity index (χ0) is 6.41. The summed E-state index contributed by atoms with van der Waals surface area (Å²) in [4.78, 5) is 9.81. The van der Waals surface area contributed by atoms with Crippen molar-refractivity contribution < 1.29 is 9.90 Å². The van der Waals surface area contributed by atoms with Crippen LogP contribution in [0.2, 0.25) is 0 Å². The Morgan fingerprint density at radius 1 is 1.75 bits per heavy atom. The van der Waals surface area contributed by atoms with Crippen molar-refractivity contribution >= 4 is 22.2 Å². The molecule has 0 saturated heterocycles. The van der Waals surface area contributed by atoms with Gasteiger partial charge in [0.1, 0.15) is 6.29 Å². The van der Waals surface area contributed by atoms with Gasteiger partial charge in [-0.15, -0.1) is 0 Å². The normalized spacial score (nSPS) is 13.2. The summed E-state index contributed by atoms with van der Waals surface area (Å²) in [5.74, 6) is 0. The van der Waals surface area contributed by atoms with E-state index in [1.165, 1.54) is 0 Å². The minimum absolute atomic E-state index is 0.0744. The van der Waals surface area contributed by atoms with Crippen molar-refractivity contribution in [2.24, 2.45) is 0 Å². The maximum atomic E-state index is 9.88. The molecule has 0 aliphatic carbocycles. The lowest BCUT2D eigenvalue weighted by Crippen LogP contribution is -1.99. The van der Waals surface area contributed by atoms with Crippen LogP contribution in [0, 0.1) is 0 Å². The van der Waals surface area contributed by atoms with Crippen LogP contribution in [0.15, 0.2) is 0 Å². The van der Waals surface area contributed by atoms with Gasteiger partial charge < -0.3 is 9.90 Å². The molecule has 1 unspecified atom stereocenters. The van der Waals surface area contributed by atoms with E-state index < -0.39 is 0 Å². The molecule has 48 valence electrons. The average Bonchev–Trinajstić information content (AvgIpc) is 1.83. The first-order valence-electron chi connectivity index (χ1n) is 2.51. The second-order valence-corrected chi connectivity index (χ2v) is 2.69. The molecule has 0 radical (unpaired) electrons. The topological polar surface area (TPSA) is 37.3 Å². The Labute approximate surface area is 57.0 Å². The molecule has 0 saturated carbocycles. The van der Waals surface area contributed by atoms with Crippen molar-refractivity contribution in [3.05, 3.63) is 0 Å². The summed E-state index contributed by atoms with van der Waals surface area (Å²) in [6.07, 6.45) is 2.24. The van der Waals surface area contributed by atoms with Gasteiger partial charge in [0.05, 0.1) is 4.83 Å². The highest BCUT2D eigenvalue weighted by atomic mass is 79.9. The lowest BCUT2D eigenvalue weighted by Gasteiger charge is -1.95. The Morgan fingerprint density at radius 2 is 2.38 bits per heavy atom. The van der Waals surface area contributed by atoms with Crippen molar-refractivity contribution in [3.63, 3.8) is 0 Å². The number of alkyl halides is 1. The molecule has 0 bridgehead atoms. The first-order valence-corrected chi connectivity index (χ1v) is 3.43. The van der Waals surface area contributed by atoms with E-state index >= 15 is 0 Å². The van der Waals surface area contributed by atoms with Gasteiger partial charge in [0.2, 0.25) is 0 Å². The first kappa shape index (κ1) is 8.11. The third kappa shape index (κ3) is 4.27. The third-order valence-electron chi connectivity index (χ3n) is 0.786. The molecule has 1 atom stereocenters. The lowest BCUT2D eigenvalue weighted by atomic mass is 10.3. The predicted molar refractivity (Wildman–Crippen MR) is 35.1 cm³/mol. The second-order valence-electron chi connectivity index (χ2n) is 1.52. The molecule has 3 heteroatoms. The van der Waals surface area contributed by atoms with Gasteiger partial charge in [-0.3, -0.25) is 0 Å². The molecule has 0 spiro atoms. The molecular weight excluding hydrogens is 172 g/mol. The molecule has 0 rings (SSSR count). The fraction of sp³-hybridized carbons (Fsp3) is 0.800. The number of aliphatic hydroxyl groups is 1. The smallest absolute Gasteiger partial charge is 0.133 e. The zero-order valence-corrected chi connectivity index (χ0v) is 6.10. The highest BCUT2D eigenvalue weighted by Crippen LogP contribution is 2.02. The maximum Gasteiger partial charge on any atom is 0.133 e. The number of carbonyl (C=O) groups excluding carboxylic acids is 1. The summed E-state index contributed by atoms with van der Waals surface area (Å²) in [6.45, 7) is 0.163. The molecule has 0 aromatic carbocycles. The van der Waals surface area contributed by atoms with Gasteiger partial charge in [-0.1, -0.05) is 15.9 Å². The van der Waals surface area contributed by atoms with Crippen molar-refractivity contribution in [1.29, 1.82) is 0 Å². The van der Waals surface area contributed by atoms with Crippen molar-refractivity contribution in [3.8, 4) is 0 Å². The Balaban J connectivity index is 2.98. The van der Waals surface area contributed by atoms with Crippen LogP contribution in [0.4, 0.5) is 0 Å². The number of aldehydes is 1. The maximum absolute atomic E-state index is 9.88. The summed E-state index contributed by atoms with van der Waals surface area (Å²) >= 11 is 3.10. The highest BCUT2D eigenvalue weighted by molar-refractivity contribution is 9.09. The van der Waals surface area contributed by atoms with E-state index in [1.807, 2.05) is 0 Å². The minimum Gasteiger partial charge on any atom is -0.396 e.